The second-order valence-corrected chi connectivity index (χ2v) is 4.17. The molecule has 0 spiro atoms. The lowest BCUT2D eigenvalue weighted by Gasteiger charge is -2.32. The highest BCUT2D eigenvalue weighted by atomic mass is 16.5. The van der Waals surface area contributed by atoms with Gasteiger partial charge in [0.2, 0.25) is 5.95 Å². The third-order valence-electron chi connectivity index (χ3n) is 2.83. The highest BCUT2D eigenvalue weighted by Crippen LogP contribution is 2.12. The molecule has 104 valence electrons. The average molecular weight is 266 g/mol. The molecular weight excluding hydrogens is 248 g/mol. The zero-order chi connectivity index (χ0) is 13.7. The highest BCUT2D eigenvalue weighted by molar-refractivity contribution is 5.88. The fraction of sp³-hybridized carbons (Fsp3) is 0.583. The SMILES string of the molecule is CCOC(=O)c1cnc(N2CCOC(CN)C2)nc1. The van der Waals surface area contributed by atoms with E-state index in [1.165, 1.54) is 12.4 Å². The van der Waals surface area contributed by atoms with Gasteiger partial charge in [0.05, 0.1) is 24.9 Å². The van der Waals surface area contributed by atoms with Crippen LogP contribution < -0.4 is 10.6 Å². The molecule has 2 N–H and O–H groups in total. The number of rotatable bonds is 4. The molecule has 2 heterocycles. The molecule has 0 aromatic carbocycles. The van der Waals surface area contributed by atoms with Gasteiger partial charge < -0.3 is 20.1 Å². The highest BCUT2D eigenvalue weighted by Gasteiger charge is 2.21. The number of anilines is 1. The van der Waals surface area contributed by atoms with Crippen LogP contribution in [0.15, 0.2) is 12.4 Å². The van der Waals surface area contributed by atoms with Crippen LogP contribution in [-0.2, 0) is 9.47 Å². The van der Waals surface area contributed by atoms with Gasteiger partial charge in [-0.15, -0.1) is 0 Å². The molecule has 1 aromatic rings. The van der Waals surface area contributed by atoms with E-state index in [4.69, 9.17) is 15.2 Å². The number of hydrogen-bond acceptors (Lipinski definition) is 7. The molecule has 0 saturated carbocycles. The maximum atomic E-state index is 11.5. The van der Waals surface area contributed by atoms with Crippen LogP contribution in [0.2, 0.25) is 0 Å². The van der Waals surface area contributed by atoms with E-state index in [9.17, 15) is 4.79 Å². The van der Waals surface area contributed by atoms with Gasteiger partial charge in [-0.25, -0.2) is 14.8 Å². The molecule has 0 amide bonds. The van der Waals surface area contributed by atoms with Crippen molar-refractivity contribution < 1.29 is 14.3 Å². The van der Waals surface area contributed by atoms with Crippen molar-refractivity contribution in [2.75, 3.05) is 37.7 Å². The van der Waals surface area contributed by atoms with Gasteiger partial charge in [0.15, 0.2) is 0 Å². The molecule has 1 unspecified atom stereocenters. The largest absolute Gasteiger partial charge is 0.462 e. The number of esters is 1. The smallest absolute Gasteiger partial charge is 0.341 e. The van der Waals surface area contributed by atoms with Crippen LogP contribution in [0.5, 0.6) is 0 Å². The molecule has 19 heavy (non-hydrogen) atoms. The molecule has 7 heteroatoms. The Labute approximate surface area is 111 Å². The van der Waals surface area contributed by atoms with Crippen molar-refractivity contribution in [1.82, 2.24) is 9.97 Å². The minimum Gasteiger partial charge on any atom is -0.462 e. The summed E-state index contributed by atoms with van der Waals surface area (Å²) in [6.07, 6.45) is 2.96. The van der Waals surface area contributed by atoms with Gasteiger partial charge in [-0.1, -0.05) is 0 Å². The number of carbonyl (C=O) groups excluding carboxylic acids is 1. The van der Waals surface area contributed by atoms with Crippen LogP contribution >= 0.6 is 0 Å². The van der Waals surface area contributed by atoms with Crippen molar-refractivity contribution in [3.8, 4) is 0 Å². The third kappa shape index (κ3) is 3.39. The number of morpholine rings is 1. The Morgan fingerprint density at radius 1 is 1.58 bits per heavy atom. The van der Waals surface area contributed by atoms with Crippen LogP contribution in [0.25, 0.3) is 0 Å². The Morgan fingerprint density at radius 2 is 2.32 bits per heavy atom. The molecule has 1 aliphatic heterocycles. The van der Waals surface area contributed by atoms with Crippen molar-refractivity contribution in [3.63, 3.8) is 0 Å². The first-order valence-corrected chi connectivity index (χ1v) is 6.30. The third-order valence-corrected chi connectivity index (χ3v) is 2.83. The summed E-state index contributed by atoms with van der Waals surface area (Å²) in [7, 11) is 0. The van der Waals surface area contributed by atoms with E-state index >= 15 is 0 Å². The van der Waals surface area contributed by atoms with Gasteiger partial charge in [0, 0.05) is 32.0 Å². The lowest BCUT2D eigenvalue weighted by atomic mass is 10.3. The lowest BCUT2D eigenvalue weighted by Crippen LogP contribution is -2.46. The number of aromatic nitrogens is 2. The predicted octanol–water partition coefficient (Wildman–Crippen LogP) is -0.183. The molecule has 1 fully saturated rings. The fourth-order valence-electron chi connectivity index (χ4n) is 1.85. The van der Waals surface area contributed by atoms with Crippen LogP contribution in [0.1, 0.15) is 17.3 Å². The number of carbonyl (C=O) groups is 1. The van der Waals surface area contributed by atoms with Crippen LogP contribution in [-0.4, -0.2) is 54.9 Å². The Morgan fingerprint density at radius 3 is 2.95 bits per heavy atom. The first kappa shape index (κ1) is 13.7. The summed E-state index contributed by atoms with van der Waals surface area (Å²) >= 11 is 0. The summed E-state index contributed by atoms with van der Waals surface area (Å²) in [5.74, 6) is 0.172. The Bertz CT molecular complexity index is 423. The van der Waals surface area contributed by atoms with Crippen molar-refractivity contribution in [2.45, 2.75) is 13.0 Å². The van der Waals surface area contributed by atoms with Gasteiger partial charge in [-0.3, -0.25) is 0 Å². The van der Waals surface area contributed by atoms with Crippen LogP contribution in [0.3, 0.4) is 0 Å². The number of nitrogens with zero attached hydrogens (tertiary/aromatic N) is 3. The molecule has 1 atom stereocenters. The van der Waals surface area contributed by atoms with E-state index in [0.717, 1.165) is 6.54 Å². The van der Waals surface area contributed by atoms with Crippen LogP contribution in [0, 0.1) is 0 Å². The molecule has 0 radical (unpaired) electrons. The van der Waals surface area contributed by atoms with Crippen LogP contribution in [0.4, 0.5) is 5.95 Å². The lowest BCUT2D eigenvalue weighted by molar-refractivity contribution is 0.0459. The summed E-state index contributed by atoms with van der Waals surface area (Å²) in [4.78, 5) is 21.9. The monoisotopic (exact) mass is 266 g/mol. The summed E-state index contributed by atoms with van der Waals surface area (Å²) < 4.78 is 10.4. The van der Waals surface area contributed by atoms with E-state index in [-0.39, 0.29) is 6.10 Å². The molecule has 0 bridgehead atoms. The Hall–Kier alpha value is -1.73. The minimum atomic E-state index is -0.407. The zero-order valence-corrected chi connectivity index (χ0v) is 10.9. The summed E-state index contributed by atoms with van der Waals surface area (Å²) in [6, 6.07) is 0. The van der Waals surface area contributed by atoms with E-state index < -0.39 is 5.97 Å². The van der Waals surface area contributed by atoms with E-state index in [2.05, 4.69) is 9.97 Å². The molecular formula is C12H18N4O3. The van der Waals surface area contributed by atoms with Gasteiger partial charge in [0.1, 0.15) is 0 Å². The first-order chi connectivity index (χ1) is 9.24. The summed E-state index contributed by atoms with van der Waals surface area (Å²) in [5.41, 5.74) is 5.94. The van der Waals surface area contributed by atoms with E-state index in [1.807, 2.05) is 4.90 Å². The van der Waals surface area contributed by atoms with Gasteiger partial charge in [-0.05, 0) is 6.92 Å². The quantitative estimate of drug-likeness (QED) is 0.756. The van der Waals surface area contributed by atoms with Gasteiger partial charge >= 0.3 is 5.97 Å². The maximum absolute atomic E-state index is 11.5. The average Bonchev–Trinajstić information content (AvgIpc) is 2.48. The Balaban J connectivity index is 2.03. The van der Waals surface area contributed by atoms with Crippen molar-refractivity contribution in [1.29, 1.82) is 0 Å². The maximum Gasteiger partial charge on any atom is 0.341 e. The van der Waals surface area contributed by atoms with Crippen molar-refractivity contribution in [2.24, 2.45) is 5.73 Å². The molecule has 0 aliphatic carbocycles. The van der Waals surface area contributed by atoms with Gasteiger partial charge in [0.25, 0.3) is 0 Å². The molecule has 2 rings (SSSR count). The summed E-state index contributed by atoms with van der Waals surface area (Å²) in [5, 5.41) is 0. The normalized spacial score (nSPS) is 19.3. The number of nitrogens with two attached hydrogens (primary N) is 1. The zero-order valence-electron chi connectivity index (χ0n) is 10.9. The molecule has 1 aliphatic rings. The van der Waals surface area contributed by atoms with E-state index in [0.29, 0.717) is 37.8 Å². The standard InChI is InChI=1S/C12H18N4O3/c1-2-18-11(17)9-6-14-12(15-7-9)16-3-4-19-10(5-13)8-16/h6-7,10H,2-5,8,13H2,1H3. The summed E-state index contributed by atoms with van der Waals surface area (Å²) in [6.45, 7) is 4.54. The second kappa shape index (κ2) is 6.44. The Kier molecular flexibility index (Phi) is 4.64. The predicted molar refractivity (Wildman–Crippen MR) is 69.0 cm³/mol. The first-order valence-electron chi connectivity index (χ1n) is 6.30. The second-order valence-electron chi connectivity index (χ2n) is 4.17. The number of ether oxygens (including phenoxy) is 2. The van der Waals surface area contributed by atoms with Crippen molar-refractivity contribution >= 4 is 11.9 Å². The molecule has 1 saturated heterocycles. The molecule has 1 aromatic heterocycles. The van der Waals surface area contributed by atoms with Crippen molar-refractivity contribution in [3.05, 3.63) is 18.0 Å². The number of hydrogen-bond donors (Lipinski definition) is 1. The molecule has 7 nitrogen and oxygen atoms in total. The van der Waals surface area contributed by atoms with E-state index in [1.54, 1.807) is 6.92 Å². The fourth-order valence-corrected chi connectivity index (χ4v) is 1.85. The minimum absolute atomic E-state index is 0.00193. The topological polar surface area (TPSA) is 90.6 Å². The van der Waals surface area contributed by atoms with Gasteiger partial charge in [-0.2, -0.15) is 0 Å².